The van der Waals surface area contributed by atoms with Gasteiger partial charge in [0.05, 0.1) is 12.0 Å². The first kappa shape index (κ1) is 13.0. The number of carboxylic acid groups (broad SMARTS) is 1. The van der Waals surface area contributed by atoms with Gasteiger partial charge in [-0.05, 0) is 18.1 Å². The van der Waals surface area contributed by atoms with Gasteiger partial charge in [0, 0.05) is 6.08 Å². The van der Waals surface area contributed by atoms with Crippen LogP contribution in [0.1, 0.15) is 24.9 Å². The Bertz CT molecular complexity index is 412. The molecule has 1 atom stereocenters. The molecule has 1 aromatic carbocycles. The van der Waals surface area contributed by atoms with Gasteiger partial charge in [-0.3, -0.25) is 4.79 Å². The molecule has 0 heterocycles. The number of nitrogens with one attached hydrogen (secondary N) is 1. The molecule has 0 aliphatic heterocycles. The third-order valence-electron chi connectivity index (χ3n) is 2.30. The Morgan fingerprint density at radius 2 is 1.94 bits per heavy atom. The number of rotatable bonds is 5. The number of aliphatic carboxylic acids is 1. The first-order chi connectivity index (χ1) is 8.13. The van der Waals surface area contributed by atoms with Crippen molar-refractivity contribution in [2.24, 2.45) is 0 Å². The molecule has 1 N–H and O–H groups in total. The monoisotopic (exact) mass is 232 g/mol. The maximum atomic E-state index is 11.4. The van der Waals surface area contributed by atoms with E-state index in [4.69, 9.17) is 0 Å². The van der Waals surface area contributed by atoms with E-state index in [0.717, 1.165) is 18.1 Å². The van der Waals surface area contributed by atoms with Crippen LogP contribution in [0.25, 0.3) is 0 Å². The zero-order valence-corrected chi connectivity index (χ0v) is 9.55. The lowest BCUT2D eigenvalue weighted by Gasteiger charge is -2.16. The summed E-state index contributed by atoms with van der Waals surface area (Å²) in [6.45, 7) is 1.94. The summed E-state index contributed by atoms with van der Waals surface area (Å²) >= 11 is 0. The maximum Gasteiger partial charge on any atom is 0.244 e. The van der Waals surface area contributed by atoms with Crippen LogP contribution >= 0.6 is 0 Å². The average molecular weight is 232 g/mol. The molecule has 4 nitrogen and oxygen atoms in total. The minimum Gasteiger partial charge on any atom is -0.545 e. The fourth-order valence-electron chi connectivity index (χ4n) is 1.47. The lowest BCUT2D eigenvalue weighted by Crippen LogP contribution is -2.27. The molecule has 1 aromatic rings. The summed E-state index contributed by atoms with van der Waals surface area (Å²) in [7, 11) is 0. The number of benzene rings is 1. The van der Waals surface area contributed by atoms with Gasteiger partial charge < -0.3 is 15.2 Å². The summed E-state index contributed by atoms with van der Waals surface area (Å²) in [5, 5.41) is 12.9. The van der Waals surface area contributed by atoms with E-state index in [1.807, 2.05) is 37.3 Å². The second-order valence-electron chi connectivity index (χ2n) is 3.53. The third-order valence-corrected chi connectivity index (χ3v) is 2.30. The van der Waals surface area contributed by atoms with Crippen LogP contribution in [0.2, 0.25) is 0 Å². The molecule has 0 radical (unpaired) electrons. The Balaban J connectivity index is 2.65. The van der Waals surface area contributed by atoms with Gasteiger partial charge in [-0.25, -0.2) is 0 Å². The minimum absolute atomic E-state index is 0.116. The molecule has 1 amide bonds. The van der Waals surface area contributed by atoms with Gasteiger partial charge in [-0.15, -0.1) is 0 Å². The lowest BCUT2D eigenvalue weighted by molar-refractivity contribution is -0.297. The molecule has 1 rings (SSSR count). The highest BCUT2D eigenvalue weighted by Gasteiger charge is 2.09. The average Bonchev–Trinajstić information content (AvgIpc) is 2.34. The molecular weight excluding hydrogens is 218 g/mol. The van der Waals surface area contributed by atoms with Crippen LogP contribution < -0.4 is 10.4 Å². The molecule has 90 valence electrons. The van der Waals surface area contributed by atoms with Crippen LogP contribution in [0.5, 0.6) is 0 Å². The van der Waals surface area contributed by atoms with E-state index < -0.39 is 11.9 Å². The van der Waals surface area contributed by atoms with Crippen molar-refractivity contribution in [2.75, 3.05) is 0 Å². The quantitative estimate of drug-likeness (QED) is 0.754. The summed E-state index contributed by atoms with van der Waals surface area (Å²) < 4.78 is 0. The molecule has 0 bridgehead atoms. The second kappa shape index (κ2) is 6.48. The largest absolute Gasteiger partial charge is 0.545 e. The second-order valence-corrected chi connectivity index (χ2v) is 3.53. The van der Waals surface area contributed by atoms with Crippen molar-refractivity contribution in [3.05, 3.63) is 48.0 Å². The molecule has 4 heteroatoms. The molecule has 0 aliphatic carbocycles. The van der Waals surface area contributed by atoms with E-state index in [1.54, 1.807) is 0 Å². The lowest BCUT2D eigenvalue weighted by atomic mass is 10.0. The van der Waals surface area contributed by atoms with Crippen LogP contribution in [0, 0.1) is 0 Å². The highest BCUT2D eigenvalue weighted by molar-refractivity contribution is 5.93. The number of hydrogen-bond donors (Lipinski definition) is 1. The van der Waals surface area contributed by atoms with Gasteiger partial charge in [0.2, 0.25) is 5.91 Å². The topological polar surface area (TPSA) is 69.2 Å². The molecule has 0 fully saturated rings. The van der Waals surface area contributed by atoms with Gasteiger partial charge in [-0.1, -0.05) is 37.3 Å². The van der Waals surface area contributed by atoms with Gasteiger partial charge in [0.1, 0.15) is 0 Å². The SMILES string of the molecule is CC[C@@H](NC(=O)/C=C/C(=O)[O-])c1ccccc1. The normalized spacial score (nSPS) is 12.3. The Labute approximate surface area is 100.0 Å². The number of carbonyl (C=O) groups is 2. The van der Waals surface area contributed by atoms with E-state index in [0.29, 0.717) is 6.08 Å². The first-order valence-electron chi connectivity index (χ1n) is 5.38. The molecule has 0 unspecified atom stereocenters. The number of carbonyl (C=O) groups excluding carboxylic acids is 2. The van der Waals surface area contributed by atoms with Crippen molar-refractivity contribution in [2.45, 2.75) is 19.4 Å². The van der Waals surface area contributed by atoms with E-state index in [2.05, 4.69) is 5.32 Å². The van der Waals surface area contributed by atoms with Crippen molar-refractivity contribution in [1.82, 2.24) is 5.32 Å². The van der Waals surface area contributed by atoms with Crippen molar-refractivity contribution in [3.63, 3.8) is 0 Å². The summed E-state index contributed by atoms with van der Waals surface area (Å²) in [4.78, 5) is 21.6. The van der Waals surface area contributed by atoms with Crippen molar-refractivity contribution in [3.8, 4) is 0 Å². The molecule has 0 saturated carbocycles. The Morgan fingerprint density at radius 3 is 2.47 bits per heavy atom. The highest BCUT2D eigenvalue weighted by atomic mass is 16.4. The Morgan fingerprint density at radius 1 is 1.29 bits per heavy atom. The number of hydrogen-bond acceptors (Lipinski definition) is 3. The molecule has 17 heavy (non-hydrogen) atoms. The van der Waals surface area contributed by atoms with Crippen molar-refractivity contribution < 1.29 is 14.7 Å². The van der Waals surface area contributed by atoms with Crippen LogP contribution in [0.3, 0.4) is 0 Å². The summed E-state index contributed by atoms with van der Waals surface area (Å²) in [6.07, 6.45) is 2.41. The van der Waals surface area contributed by atoms with Crippen LogP contribution in [0.15, 0.2) is 42.5 Å². The van der Waals surface area contributed by atoms with Crippen LogP contribution in [0.4, 0.5) is 0 Å². The smallest absolute Gasteiger partial charge is 0.244 e. The van der Waals surface area contributed by atoms with Gasteiger partial charge in [0.25, 0.3) is 0 Å². The number of amides is 1. The summed E-state index contributed by atoms with van der Waals surface area (Å²) in [6, 6.07) is 9.39. The standard InChI is InChI=1S/C13H15NO3/c1-2-11(10-6-4-3-5-7-10)14-12(15)8-9-13(16)17/h3-9,11H,2H2,1H3,(H,14,15)(H,16,17)/p-1/b9-8+/t11-/m1/s1. The van der Waals surface area contributed by atoms with Crippen LogP contribution in [-0.2, 0) is 9.59 Å². The van der Waals surface area contributed by atoms with Crippen LogP contribution in [-0.4, -0.2) is 11.9 Å². The molecule has 0 saturated heterocycles. The van der Waals surface area contributed by atoms with E-state index in [-0.39, 0.29) is 6.04 Å². The number of carboxylic acids is 1. The van der Waals surface area contributed by atoms with Gasteiger partial charge in [-0.2, -0.15) is 0 Å². The van der Waals surface area contributed by atoms with Gasteiger partial charge >= 0.3 is 0 Å². The van der Waals surface area contributed by atoms with Crippen molar-refractivity contribution >= 4 is 11.9 Å². The zero-order chi connectivity index (χ0) is 12.7. The van der Waals surface area contributed by atoms with Gasteiger partial charge in [0.15, 0.2) is 0 Å². The third kappa shape index (κ3) is 4.51. The minimum atomic E-state index is -1.38. The van der Waals surface area contributed by atoms with E-state index in [1.165, 1.54) is 0 Å². The maximum absolute atomic E-state index is 11.4. The predicted octanol–water partition coefficient (Wildman–Crippen LogP) is 0.560. The summed E-state index contributed by atoms with van der Waals surface area (Å²) in [5.74, 6) is -1.82. The Kier molecular flexibility index (Phi) is 4.94. The highest BCUT2D eigenvalue weighted by Crippen LogP contribution is 2.15. The molecular formula is C13H14NO3-. The summed E-state index contributed by atoms with van der Waals surface area (Å²) in [5.41, 5.74) is 0.991. The van der Waals surface area contributed by atoms with E-state index >= 15 is 0 Å². The zero-order valence-electron chi connectivity index (χ0n) is 9.55. The van der Waals surface area contributed by atoms with Crippen molar-refractivity contribution in [1.29, 1.82) is 0 Å². The first-order valence-corrected chi connectivity index (χ1v) is 5.38. The van der Waals surface area contributed by atoms with E-state index in [9.17, 15) is 14.7 Å². The predicted molar refractivity (Wildman–Crippen MR) is 61.8 cm³/mol. The molecule has 0 aromatic heterocycles. The fourth-order valence-corrected chi connectivity index (χ4v) is 1.47. The Hall–Kier alpha value is -2.10. The molecule has 0 aliphatic rings. The fraction of sp³-hybridized carbons (Fsp3) is 0.231. The molecule has 0 spiro atoms.